The molecule has 6 heteroatoms. The van der Waals surface area contributed by atoms with Crippen LogP contribution in [0.25, 0.3) is 0 Å². The van der Waals surface area contributed by atoms with Gasteiger partial charge in [0.15, 0.2) is 0 Å². The molecule has 0 aliphatic carbocycles. The standard InChI is InChI=1S/C8H15BN4O/c1-6(2)9-13-5-8(11-12-13)4-10-7(3)14/h5-6,9H,4H2,1-3H3,(H,10,14). The number of carbonyl (C=O) groups excluding carboxylic acids is 1. The molecule has 0 saturated heterocycles. The molecule has 0 radical (unpaired) electrons. The van der Waals surface area contributed by atoms with Crippen LogP contribution >= 0.6 is 0 Å². The van der Waals surface area contributed by atoms with Crippen LogP contribution in [0, 0.1) is 0 Å². The van der Waals surface area contributed by atoms with Crippen molar-refractivity contribution in [2.45, 2.75) is 33.1 Å². The van der Waals surface area contributed by atoms with Gasteiger partial charge in [0, 0.05) is 13.1 Å². The fraction of sp³-hybridized carbons (Fsp3) is 0.625. The van der Waals surface area contributed by atoms with Gasteiger partial charge in [-0.2, -0.15) is 0 Å². The zero-order chi connectivity index (χ0) is 10.6. The Morgan fingerprint density at radius 3 is 3.00 bits per heavy atom. The van der Waals surface area contributed by atoms with Crippen LogP contribution in [0.3, 0.4) is 0 Å². The van der Waals surface area contributed by atoms with Crippen LogP contribution in [0.15, 0.2) is 6.20 Å². The lowest BCUT2D eigenvalue weighted by Crippen LogP contribution is -2.19. The number of carbonyl (C=O) groups is 1. The molecule has 5 nitrogen and oxygen atoms in total. The first-order valence-corrected chi connectivity index (χ1v) is 4.71. The number of hydrogen-bond acceptors (Lipinski definition) is 3. The summed E-state index contributed by atoms with van der Waals surface area (Å²) in [5.74, 6) is 0.494. The minimum atomic E-state index is -0.0524. The second kappa shape index (κ2) is 4.78. The first kappa shape index (κ1) is 10.8. The second-order valence-corrected chi connectivity index (χ2v) is 3.74. The maximum atomic E-state index is 10.6. The van der Waals surface area contributed by atoms with E-state index in [1.165, 1.54) is 6.92 Å². The van der Waals surface area contributed by atoms with Gasteiger partial charge in [0.1, 0.15) is 5.69 Å². The Hall–Kier alpha value is -1.33. The van der Waals surface area contributed by atoms with Crippen LogP contribution in [0.2, 0.25) is 5.82 Å². The molecule has 0 aliphatic rings. The number of hydrogen-bond donors (Lipinski definition) is 1. The normalized spacial score (nSPS) is 10.3. The quantitative estimate of drug-likeness (QED) is 0.683. The Labute approximate surface area is 84.1 Å². The molecule has 1 amide bonds. The smallest absolute Gasteiger partial charge is 0.271 e. The van der Waals surface area contributed by atoms with Gasteiger partial charge >= 0.3 is 0 Å². The van der Waals surface area contributed by atoms with Crippen molar-refractivity contribution in [3.8, 4) is 0 Å². The van der Waals surface area contributed by atoms with Crippen molar-refractivity contribution in [2.24, 2.45) is 0 Å². The Kier molecular flexibility index (Phi) is 3.68. The summed E-state index contributed by atoms with van der Waals surface area (Å²) >= 11 is 0. The van der Waals surface area contributed by atoms with Crippen molar-refractivity contribution in [2.75, 3.05) is 0 Å². The second-order valence-electron chi connectivity index (χ2n) is 3.74. The van der Waals surface area contributed by atoms with Gasteiger partial charge in [0.05, 0.1) is 6.54 Å². The van der Waals surface area contributed by atoms with E-state index in [1.807, 2.05) is 6.20 Å². The van der Waals surface area contributed by atoms with Crippen LogP contribution in [-0.4, -0.2) is 28.2 Å². The highest BCUT2D eigenvalue weighted by molar-refractivity contribution is 6.34. The maximum absolute atomic E-state index is 10.6. The number of nitrogens with one attached hydrogen (secondary N) is 1. The molecule has 1 rings (SSSR count). The van der Waals surface area contributed by atoms with Crippen molar-refractivity contribution in [1.29, 1.82) is 0 Å². The molecule has 0 bridgehead atoms. The van der Waals surface area contributed by atoms with E-state index < -0.39 is 0 Å². The van der Waals surface area contributed by atoms with Gasteiger partial charge in [-0.3, -0.25) is 4.79 Å². The van der Waals surface area contributed by atoms with E-state index >= 15 is 0 Å². The number of amides is 1. The molecule has 0 aromatic carbocycles. The number of nitrogens with zero attached hydrogens (tertiary/aromatic N) is 3. The van der Waals surface area contributed by atoms with Gasteiger partial charge in [-0.05, 0) is 5.82 Å². The molecule has 1 N–H and O–H groups in total. The molecular weight excluding hydrogens is 179 g/mol. The van der Waals surface area contributed by atoms with E-state index in [0.717, 1.165) is 13.1 Å². The molecule has 76 valence electrons. The van der Waals surface area contributed by atoms with Crippen molar-refractivity contribution in [3.63, 3.8) is 0 Å². The summed E-state index contributed by atoms with van der Waals surface area (Å²) in [6.07, 6.45) is 1.86. The molecule has 1 aromatic heterocycles. The van der Waals surface area contributed by atoms with Crippen molar-refractivity contribution in [3.05, 3.63) is 11.9 Å². The predicted octanol–water partition coefficient (Wildman–Crippen LogP) is -0.0579. The maximum Gasteiger partial charge on any atom is 0.271 e. The van der Waals surface area contributed by atoms with Crippen LogP contribution in [0.1, 0.15) is 26.5 Å². The molecule has 0 saturated carbocycles. The van der Waals surface area contributed by atoms with Gasteiger partial charge in [-0.15, -0.1) is 5.10 Å². The van der Waals surface area contributed by atoms with E-state index in [4.69, 9.17) is 0 Å². The van der Waals surface area contributed by atoms with Gasteiger partial charge in [0.2, 0.25) is 5.91 Å². The fourth-order valence-electron chi connectivity index (χ4n) is 1.10. The Morgan fingerprint density at radius 2 is 2.43 bits per heavy atom. The zero-order valence-electron chi connectivity index (χ0n) is 8.82. The lowest BCUT2D eigenvalue weighted by Gasteiger charge is -1.99. The predicted molar refractivity (Wildman–Crippen MR) is 55.2 cm³/mol. The van der Waals surface area contributed by atoms with Gasteiger partial charge in [-0.25, -0.2) is 0 Å². The highest BCUT2D eigenvalue weighted by Crippen LogP contribution is 1.99. The van der Waals surface area contributed by atoms with Gasteiger partial charge in [0.25, 0.3) is 7.41 Å². The Balaban J connectivity index is 2.46. The molecule has 0 aliphatic heterocycles. The molecule has 0 fully saturated rings. The number of rotatable bonds is 4. The van der Waals surface area contributed by atoms with E-state index in [-0.39, 0.29) is 5.91 Å². The van der Waals surface area contributed by atoms with Crippen LogP contribution in [0.5, 0.6) is 0 Å². The van der Waals surface area contributed by atoms with Gasteiger partial charge < -0.3 is 9.91 Å². The minimum absolute atomic E-state index is 0.0524. The summed E-state index contributed by atoms with van der Waals surface area (Å²) in [5.41, 5.74) is 0.792. The van der Waals surface area contributed by atoms with Crippen LogP contribution < -0.4 is 5.32 Å². The summed E-state index contributed by atoms with van der Waals surface area (Å²) in [5, 5.41) is 10.6. The van der Waals surface area contributed by atoms with E-state index in [2.05, 4.69) is 29.5 Å². The molecule has 14 heavy (non-hydrogen) atoms. The first-order valence-electron chi connectivity index (χ1n) is 4.71. The zero-order valence-corrected chi connectivity index (χ0v) is 8.82. The minimum Gasteiger partial charge on any atom is -0.351 e. The highest BCUT2D eigenvalue weighted by Gasteiger charge is 2.04. The third-order valence-electron chi connectivity index (χ3n) is 1.66. The monoisotopic (exact) mass is 194 g/mol. The summed E-state index contributed by atoms with van der Waals surface area (Å²) in [7, 11) is 0.854. The van der Waals surface area contributed by atoms with Crippen molar-refractivity contribution < 1.29 is 4.79 Å². The van der Waals surface area contributed by atoms with E-state index in [9.17, 15) is 4.79 Å². The third-order valence-corrected chi connectivity index (χ3v) is 1.66. The first-order chi connectivity index (χ1) is 6.58. The average molecular weight is 194 g/mol. The molecule has 1 heterocycles. The Bertz CT molecular complexity index is 310. The highest BCUT2D eigenvalue weighted by atomic mass is 16.1. The largest absolute Gasteiger partial charge is 0.351 e. The lowest BCUT2D eigenvalue weighted by atomic mass is 9.79. The Morgan fingerprint density at radius 1 is 1.71 bits per heavy atom. The molecule has 1 aromatic rings. The summed E-state index contributed by atoms with van der Waals surface area (Å²) in [4.78, 5) is 10.6. The van der Waals surface area contributed by atoms with Crippen LogP contribution in [0.4, 0.5) is 0 Å². The number of aromatic nitrogens is 3. The van der Waals surface area contributed by atoms with E-state index in [1.54, 1.807) is 4.59 Å². The van der Waals surface area contributed by atoms with Crippen molar-refractivity contribution >= 4 is 13.3 Å². The third kappa shape index (κ3) is 3.59. The summed E-state index contributed by atoms with van der Waals surface area (Å²) < 4.78 is 1.79. The molecule has 0 spiro atoms. The summed E-state index contributed by atoms with van der Waals surface area (Å²) in [6, 6.07) is 0. The average Bonchev–Trinajstić information content (AvgIpc) is 2.47. The summed E-state index contributed by atoms with van der Waals surface area (Å²) in [6.45, 7) is 6.18. The topological polar surface area (TPSA) is 59.8 Å². The molecule has 0 unspecified atom stereocenters. The van der Waals surface area contributed by atoms with Gasteiger partial charge in [-0.1, -0.05) is 19.1 Å². The molecule has 0 atom stereocenters. The lowest BCUT2D eigenvalue weighted by molar-refractivity contribution is -0.119. The van der Waals surface area contributed by atoms with Crippen molar-refractivity contribution in [1.82, 2.24) is 20.2 Å². The van der Waals surface area contributed by atoms with E-state index in [0.29, 0.717) is 12.4 Å². The molecular formula is C8H15BN4O. The fourth-order valence-corrected chi connectivity index (χ4v) is 1.10. The SMILES string of the molecule is CC(=O)NCc1cn(BC(C)C)nn1. The van der Waals surface area contributed by atoms with Crippen LogP contribution in [-0.2, 0) is 11.3 Å².